The number of hydroxylamine groups is 1. The van der Waals surface area contributed by atoms with Crippen LogP contribution in [0, 0.1) is 11.7 Å². The second-order valence-corrected chi connectivity index (χ2v) is 8.21. The lowest BCUT2D eigenvalue weighted by Gasteiger charge is -2.42. The SMILES string of the molecule is CN1C[C@@H](Oc2cccc(F)c2)C[C@H](C(=O)NO)[C@H]1C(=O)N1CC=C(c2ccccc2)C1. The van der Waals surface area contributed by atoms with Gasteiger partial charge in [-0.3, -0.25) is 19.7 Å². The molecular formula is C24H26FN3O4. The van der Waals surface area contributed by atoms with Gasteiger partial charge >= 0.3 is 0 Å². The van der Waals surface area contributed by atoms with Gasteiger partial charge in [0.15, 0.2) is 0 Å². The van der Waals surface area contributed by atoms with E-state index in [0.29, 0.717) is 25.4 Å². The summed E-state index contributed by atoms with van der Waals surface area (Å²) < 4.78 is 19.4. The minimum atomic E-state index is -0.814. The van der Waals surface area contributed by atoms with Crippen molar-refractivity contribution >= 4 is 17.4 Å². The molecule has 0 bridgehead atoms. The number of amides is 2. The lowest BCUT2D eigenvalue weighted by molar-refractivity contribution is -0.150. The number of likely N-dealkylation sites (tertiary alicyclic amines) is 1. The topological polar surface area (TPSA) is 82.1 Å². The third-order valence-corrected chi connectivity index (χ3v) is 6.04. The first kappa shape index (κ1) is 22.0. The molecule has 2 amide bonds. The Balaban J connectivity index is 1.48. The third kappa shape index (κ3) is 4.66. The Labute approximate surface area is 186 Å². The van der Waals surface area contributed by atoms with Gasteiger partial charge in [-0.15, -0.1) is 0 Å². The number of nitrogens with zero attached hydrogens (tertiary/aromatic N) is 2. The van der Waals surface area contributed by atoms with Gasteiger partial charge in [0.25, 0.3) is 0 Å². The number of ether oxygens (including phenoxy) is 1. The van der Waals surface area contributed by atoms with Crippen molar-refractivity contribution in [2.75, 3.05) is 26.7 Å². The zero-order valence-electron chi connectivity index (χ0n) is 17.8. The molecule has 7 nitrogen and oxygen atoms in total. The first-order chi connectivity index (χ1) is 15.5. The van der Waals surface area contributed by atoms with Gasteiger partial charge in [0, 0.05) is 25.7 Å². The van der Waals surface area contributed by atoms with E-state index in [9.17, 15) is 19.2 Å². The highest BCUT2D eigenvalue weighted by Gasteiger charge is 2.45. The number of hydrogen-bond donors (Lipinski definition) is 2. The fourth-order valence-electron chi connectivity index (χ4n) is 4.51. The minimum Gasteiger partial charge on any atom is -0.489 e. The highest BCUT2D eigenvalue weighted by atomic mass is 19.1. The zero-order chi connectivity index (χ0) is 22.7. The molecule has 2 aliphatic heterocycles. The van der Waals surface area contributed by atoms with Gasteiger partial charge in [-0.1, -0.05) is 42.5 Å². The summed E-state index contributed by atoms with van der Waals surface area (Å²) in [6.07, 6.45) is 1.80. The molecule has 32 heavy (non-hydrogen) atoms. The van der Waals surface area contributed by atoms with Gasteiger partial charge in [-0.2, -0.15) is 0 Å². The molecule has 0 aliphatic carbocycles. The average Bonchev–Trinajstić information content (AvgIpc) is 3.29. The summed E-state index contributed by atoms with van der Waals surface area (Å²) in [5, 5.41) is 9.30. The molecule has 1 saturated heterocycles. The van der Waals surface area contributed by atoms with Crippen LogP contribution in [0.3, 0.4) is 0 Å². The van der Waals surface area contributed by atoms with E-state index in [1.165, 1.54) is 12.1 Å². The minimum absolute atomic E-state index is 0.174. The molecule has 0 saturated carbocycles. The van der Waals surface area contributed by atoms with Crippen LogP contribution in [0.2, 0.25) is 0 Å². The fraction of sp³-hybridized carbons (Fsp3) is 0.333. The van der Waals surface area contributed by atoms with Crippen molar-refractivity contribution < 1.29 is 23.9 Å². The Morgan fingerprint density at radius 3 is 2.66 bits per heavy atom. The van der Waals surface area contributed by atoms with Crippen LogP contribution in [0.4, 0.5) is 4.39 Å². The predicted molar refractivity (Wildman–Crippen MR) is 116 cm³/mol. The quantitative estimate of drug-likeness (QED) is 0.552. The van der Waals surface area contributed by atoms with Gasteiger partial charge < -0.3 is 9.64 Å². The van der Waals surface area contributed by atoms with E-state index in [4.69, 9.17) is 4.74 Å². The molecule has 2 aromatic rings. The summed E-state index contributed by atoms with van der Waals surface area (Å²) in [4.78, 5) is 29.4. The summed E-state index contributed by atoms with van der Waals surface area (Å²) in [7, 11) is 1.75. The molecule has 8 heteroatoms. The van der Waals surface area contributed by atoms with Gasteiger partial charge in [0.2, 0.25) is 11.8 Å². The monoisotopic (exact) mass is 439 g/mol. The molecule has 3 atom stereocenters. The predicted octanol–water partition coefficient (Wildman–Crippen LogP) is 2.32. The molecular weight excluding hydrogens is 413 g/mol. The molecule has 2 aromatic carbocycles. The third-order valence-electron chi connectivity index (χ3n) is 6.04. The first-order valence-corrected chi connectivity index (χ1v) is 10.6. The zero-order valence-corrected chi connectivity index (χ0v) is 17.8. The van der Waals surface area contributed by atoms with E-state index in [1.54, 1.807) is 34.5 Å². The number of carbonyl (C=O) groups is 2. The largest absolute Gasteiger partial charge is 0.489 e. The van der Waals surface area contributed by atoms with E-state index < -0.39 is 29.8 Å². The van der Waals surface area contributed by atoms with Crippen molar-refractivity contribution in [2.24, 2.45) is 5.92 Å². The Morgan fingerprint density at radius 1 is 1.16 bits per heavy atom. The fourth-order valence-corrected chi connectivity index (χ4v) is 4.51. The lowest BCUT2D eigenvalue weighted by Crippen LogP contribution is -2.60. The van der Waals surface area contributed by atoms with Crippen molar-refractivity contribution in [1.82, 2.24) is 15.3 Å². The summed E-state index contributed by atoms with van der Waals surface area (Å²) in [6, 6.07) is 14.9. The van der Waals surface area contributed by atoms with Crippen LogP contribution in [-0.2, 0) is 9.59 Å². The maximum Gasteiger partial charge on any atom is 0.248 e. The second-order valence-electron chi connectivity index (χ2n) is 8.21. The number of likely N-dealkylation sites (N-methyl/N-ethyl adjacent to an activating group) is 1. The van der Waals surface area contributed by atoms with Crippen molar-refractivity contribution in [2.45, 2.75) is 18.6 Å². The van der Waals surface area contributed by atoms with E-state index in [1.807, 2.05) is 36.4 Å². The summed E-state index contributed by atoms with van der Waals surface area (Å²) in [6.45, 7) is 1.31. The highest BCUT2D eigenvalue weighted by Crippen LogP contribution is 2.30. The molecule has 0 unspecified atom stereocenters. The summed E-state index contributed by atoms with van der Waals surface area (Å²) in [5.74, 6) is -1.69. The maximum atomic E-state index is 13.5. The number of halogens is 1. The summed E-state index contributed by atoms with van der Waals surface area (Å²) in [5.41, 5.74) is 3.82. The molecule has 0 spiro atoms. The molecule has 2 N–H and O–H groups in total. The Hall–Kier alpha value is -3.23. The number of nitrogens with one attached hydrogen (secondary N) is 1. The van der Waals surface area contributed by atoms with Gasteiger partial charge in [-0.25, -0.2) is 9.87 Å². The smallest absolute Gasteiger partial charge is 0.248 e. The van der Waals surface area contributed by atoms with E-state index >= 15 is 0 Å². The number of rotatable bonds is 5. The van der Waals surface area contributed by atoms with Crippen LogP contribution in [0.1, 0.15) is 12.0 Å². The molecule has 2 aliphatic rings. The molecule has 0 radical (unpaired) electrons. The summed E-state index contributed by atoms with van der Waals surface area (Å²) >= 11 is 0. The van der Waals surface area contributed by atoms with Crippen LogP contribution < -0.4 is 10.2 Å². The van der Waals surface area contributed by atoms with E-state index in [-0.39, 0.29) is 12.3 Å². The average molecular weight is 439 g/mol. The second kappa shape index (κ2) is 9.50. The van der Waals surface area contributed by atoms with Crippen molar-refractivity contribution in [3.63, 3.8) is 0 Å². The van der Waals surface area contributed by atoms with E-state index in [2.05, 4.69) is 0 Å². The Kier molecular flexibility index (Phi) is 6.53. The number of hydrogen-bond acceptors (Lipinski definition) is 5. The van der Waals surface area contributed by atoms with Crippen LogP contribution in [-0.4, -0.2) is 65.6 Å². The van der Waals surface area contributed by atoms with Gasteiger partial charge in [0.05, 0.1) is 5.92 Å². The molecule has 4 rings (SSSR count). The van der Waals surface area contributed by atoms with Gasteiger partial charge in [0.1, 0.15) is 23.7 Å². The van der Waals surface area contributed by atoms with Crippen molar-refractivity contribution in [3.8, 4) is 5.75 Å². The standard InChI is InChI=1S/C24H26FN3O4/c1-27-15-20(32-19-9-5-8-18(25)12-19)13-21(23(29)26-31)22(27)24(30)28-11-10-17(14-28)16-6-3-2-4-7-16/h2-10,12,20-22,31H,11,13-15H2,1H3,(H,26,29)/t20-,21-,22-/m0/s1. The Bertz CT molecular complexity index is 1010. The number of carbonyl (C=O) groups excluding carboxylic acids is 2. The molecule has 168 valence electrons. The van der Waals surface area contributed by atoms with E-state index in [0.717, 1.165) is 11.1 Å². The van der Waals surface area contributed by atoms with Crippen molar-refractivity contribution in [3.05, 3.63) is 72.1 Å². The van der Waals surface area contributed by atoms with Gasteiger partial charge in [-0.05, 0) is 36.7 Å². The van der Waals surface area contributed by atoms with Crippen molar-refractivity contribution in [1.29, 1.82) is 0 Å². The normalized spacial score (nSPS) is 23.5. The molecule has 2 heterocycles. The number of piperidine rings is 1. The Morgan fingerprint density at radius 2 is 1.94 bits per heavy atom. The van der Waals surface area contributed by atoms with Crippen LogP contribution in [0.25, 0.3) is 5.57 Å². The van der Waals surface area contributed by atoms with Crippen LogP contribution in [0.5, 0.6) is 5.75 Å². The first-order valence-electron chi connectivity index (χ1n) is 10.6. The van der Waals surface area contributed by atoms with Crippen LogP contribution >= 0.6 is 0 Å². The maximum absolute atomic E-state index is 13.5. The molecule has 0 aromatic heterocycles. The highest BCUT2D eigenvalue weighted by molar-refractivity contribution is 5.91. The van der Waals surface area contributed by atoms with Crippen LogP contribution in [0.15, 0.2) is 60.7 Å². The molecule has 1 fully saturated rings. The lowest BCUT2D eigenvalue weighted by atomic mass is 9.86. The number of benzene rings is 2.